The van der Waals surface area contributed by atoms with Gasteiger partial charge in [0.15, 0.2) is 0 Å². The fraction of sp³-hybridized carbons (Fsp3) is 0.632. The van der Waals surface area contributed by atoms with Crippen molar-refractivity contribution in [2.24, 2.45) is 5.92 Å². The van der Waals surface area contributed by atoms with E-state index in [0.717, 1.165) is 44.6 Å². The number of likely N-dealkylation sites (tertiary alicyclic amines) is 1. The van der Waals surface area contributed by atoms with Crippen LogP contribution in [-0.4, -0.2) is 53.1 Å². The molecule has 0 bridgehead atoms. The molecule has 2 rings (SSSR count). The van der Waals surface area contributed by atoms with E-state index in [1.807, 2.05) is 17.0 Å². The van der Waals surface area contributed by atoms with E-state index < -0.39 is 0 Å². The highest BCUT2D eigenvalue weighted by Crippen LogP contribution is 2.19. The van der Waals surface area contributed by atoms with Gasteiger partial charge in [0.2, 0.25) is 0 Å². The van der Waals surface area contributed by atoms with Gasteiger partial charge >= 0.3 is 0 Å². The lowest BCUT2D eigenvalue weighted by molar-refractivity contribution is 0.0651. The number of aliphatic hydroxyl groups is 1. The van der Waals surface area contributed by atoms with Crippen LogP contribution in [0.4, 0.5) is 0 Å². The summed E-state index contributed by atoms with van der Waals surface area (Å²) in [7, 11) is 0. The Bertz CT molecular complexity index is 491. The minimum atomic E-state index is 0.115. The van der Waals surface area contributed by atoms with E-state index in [2.05, 4.69) is 37.8 Å². The van der Waals surface area contributed by atoms with Gasteiger partial charge in [-0.15, -0.1) is 0 Å². The highest BCUT2D eigenvalue weighted by atomic mass is 16.3. The number of benzene rings is 1. The molecule has 0 atom stereocenters. The Morgan fingerprint density at radius 3 is 2.35 bits per heavy atom. The molecule has 1 aromatic rings. The van der Waals surface area contributed by atoms with Crippen molar-refractivity contribution < 1.29 is 9.90 Å². The second-order valence-electron chi connectivity index (χ2n) is 6.77. The maximum Gasteiger partial charge on any atom is 0.253 e. The number of hydrogen-bond acceptors (Lipinski definition) is 3. The third-order valence-corrected chi connectivity index (χ3v) is 4.88. The number of amides is 1. The molecule has 4 heteroatoms. The van der Waals surface area contributed by atoms with Crippen LogP contribution in [0.2, 0.25) is 0 Å². The summed E-state index contributed by atoms with van der Waals surface area (Å²) < 4.78 is 0. The second-order valence-corrected chi connectivity index (χ2v) is 6.77. The van der Waals surface area contributed by atoms with Gasteiger partial charge in [0.05, 0.1) is 0 Å². The molecule has 1 aliphatic rings. The van der Waals surface area contributed by atoms with Crippen molar-refractivity contribution >= 4 is 5.91 Å². The number of carbonyl (C=O) groups is 1. The molecule has 23 heavy (non-hydrogen) atoms. The average molecular weight is 318 g/mol. The van der Waals surface area contributed by atoms with Crippen molar-refractivity contribution in [2.75, 3.05) is 26.2 Å². The molecular formula is C19H30N2O2. The SMILES string of the molecule is CCN(Cc1ccc(C(=O)N2CCC(CO)CC2)cc1)C(C)C. The Hall–Kier alpha value is -1.39. The van der Waals surface area contributed by atoms with Crippen molar-refractivity contribution in [1.82, 2.24) is 9.80 Å². The van der Waals surface area contributed by atoms with Crippen LogP contribution in [0.15, 0.2) is 24.3 Å². The van der Waals surface area contributed by atoms with Gasteiger partial charge in [0.1, 0.15) is 0 Å². The van der Waals surface area contributed by atoms with E-state index in [1.165, 1.54) is 5.56 Å². The van der Waals surface area contributed by atoms with E-state index in [1.54, 1.807) is 0 Å². The largest absolute Gasteiger partial charge is 0.396 e. The topological polar surface area (TPSA) is 43.8 Å². The number of hydrogen-bond donors (Lipinski definition) is 1. The summed E-state index contributed by atoms with van der Waals surface area (Å²) in [4.78, 5) is 16.9. The first kappa shape index (κ1) is 18.0. The highest BCUT2D eigenvalue weighted by Gasteiger charge is 2.23. The van der Waals surface area contributed by atoms with E-state index in [9.17, 15) is 9.90 Å². The van der Waals surface area contributed by atoms with Crippen molar-refractivity contribution in [3.05, 3.63) is 35.4 Å². The molecule has 1 N–H and O–H groups in total. The zero-order valence-corrected chi connectivity index (χ0v) is 14.7. The van der Waals surface area contributed by atoms with Gasteiger partial charge in [-0.25, -0.2) is 0 Å². The minimum absolute atomic E-state index is 0.115. The lowest BCUT2D eigenvalue weighted by Gasteiger charge is -2.31. The summed E-state index contributed by atoms with van der Waals surface area (Å²) >= 11 is 0. The average Bonchev–Trinajstić information content (AvgIpc) is 2.59. The normalized spacial score (nSPS) is 16.3. The lowest BCUT2D eigenvalue weighted by Crippen LogP contribution is -2.39. The summed E-state index contributed by atoms with van der Waals surface area (Å²) in [6, 6.07) is 8.56. The van der Waals surface area contributed by atoms with E-state index >= 15 is 0 Å². The Balaban J connectivity index is 1.95. The quantitative estimate of drug-likeness (QED) is 0.877. The molecule has 1 aromatic carbocycles. The molecule has 1 amide bonds. The standard InChI is InChI=1S/C19H30N2O2/c1-4-20(15(2)3)13-16-5-7-18(8-6-16)19(23)21-11-9-17(14-22)10-12-21/h5-8,15,17,22H,4,9-14H2,1-3H3. The van der Waals surface area contributed by atoms with Gasteiger partial charge in [-0.2, -0.15) is 0 Å². The van der Waals surface area contributed by atoms with Crippen molar-refractivity contribution in [3.8, 4) is 0 Å². The number of rotatable bonds is 6. The first-order valence-electron chi connectivity index (χ1n) is 8.78. The third-order valence-electron chi connectivity index (χ3n) is 4.88. The lowest BCUT2D eigenvalue weighted by atomic mass is 9.97. The molecule has 0 aromatic heterocycles. The Kier molecular flexibility index (Phi) is 6.60. The molecule has 0 radical (unpaired) electrons. The first-order valence-corrected chi connectivity index (χ1v) is 8.78. The summed E-state index contributed by atoms with van der Waals surface area (Å²) in [5, 5.41) is 9.19. The molecule has 1 aliphatic heterocycles. The van der Waals surface area contributed by atoms with Crippen molar-refractivity contribution in [1.29, 1.82) is 0 Å². The molecule has 1 saturated heterocycles. The van der Waals surface area contributed by atoms with Gasteiger partial charge in [-0.1, -0.05) is 19.1 Å². The maximum atomic E-state index is 12.5. The summed E-state index contributed by atoms with van der Waals surface area (Å²) in [6.07, 6.45) is 1.81. The molecule has 1 fully saturated rings. The predicted octanol–water partition coefficient (Wildman–Crippen LogP) is 2.76. The van der Waals surface area contributed by atoms with Crippen molar-refractivity contribution in [3.63, 3.8) is 0 Å². The fourth-order valence-electron chi connectivity index (χ4n) is 3.15. The van der Waals surface area contributed by atoms with Crippen molar-refractivity contribution in [2.45, 2.75) is 46.2 Å². The van der Waals surface area contributed by atoms with Crippen LogP contribution in [0.25, 0.3) is 0 Å². The van der Waals surface area contributed by atoms with Crippen LogP contribution in [0, 0.1) is 5.92 Å². The molecule has 4 nitrogen and oxygen atoms in total. The number of carbonyl (C=O) groups excluding carboxylic acids is 1. The monoisotopic (exact) mass is 318 g/mol. The zero-order chi connectivity index (χ0) is 16.8. The summed E-state index contributed by atoms with van der Waals surface area (Å²) in [6.45, 7) is 10.3. The smallest absolute Gasteiger partial charge is 0.253 e. The van der Waals surface area contributed by atoms with Crippen LogP contribution >= 0.6 is 0 Å². The molecular weight excluding hydrogens is 288 g/mol. The minimum Gasteiger partial charge on any atom is -0.396 e. The van der Waals surface area contributed by atoms with Crippen LogP contribution in [0.1, 0.15) is 49.5 Å². The number of nitrogens with zero attached hydrogens (tertiary/aromatic N) is 2. The highest BCUT2D eigenvalue weighted by molar-refractivity contribution is 5.94. The molecule has 0 unspecified atom stereocenters. The van der Waals surface area contributed by atoms with Gasteiger partial charge in [0, 0.05) is 37.8 Å². The van der Waals surface area contributed by atoms with Gasteiger partial charge in [0.25, 0.3) is 5.91 Å². The van der Waals surface area contributed by atoms with Gasteiger partial charge in [-0.3, -0.25) is 9.69 Å². The molecule has 1 heterocycles. The van der Waals surface area contributed by atoms with Gasteiger partial charge in [-0.05, 0) is 56.8 Å². The van der Waals surface area contributed by atoms with E-state index in [0.29, 0.717) is 12.0 Å². The molecule has 0 aliphatic carbocycles. The maximum absolute atomic E-state index is 12.5. The fourth-order valence-corrected chi connectivity index (χ4v) is 3.15. The van der Waals surface area contributed by atoms with Crippen LogP contribution < -0.4 is 0 Å². The van der Waals surface area contributed by atoms with Crippen LogP contribution in [-0.2, 0) is 6.54 Å². The first-order chi connectivity index (χ1) is 11.0. The summed E-state index contributed by atoms with van der Waals surface area (Å²) in [5.41, 5.74) is 2.01. The van der Waals surface area contributed by atoms with Gasteiger partial charge < -0.3 is 10.0 Å². The van der Waals surface area contributed by atoms with E-state index in [-0.39, 0.29) is 12.5 Å². The number of piperidine rings is 1. The Morgan fingerprint density at radius 2 is 1.87 bits per heavy atom. The molecule has 0 spiro atoms. The molecule has 0 saturated carbocycles. The summed E-state index contributed by atoms with van der Waals surface area (Å²) in [5.74, 6) is 0.474. The number of aliphatic hydroxyl groups excluding tert-OH is 1. The van der Waals surface area contributed by atoms with Crippen LogP contribution in [0.5, 0.6) is 0 Å². The van der Waals surface area contributed by atoms with E-state index in [4.69, 9.17) is 0 Å². The third kappa shape index (κ3) is 4.79. The Morgan fingerprint density at radius 1 is 1.26 bits per heavy atom. The zero-order valence-electron chi connectivity index (χ0n) is 14.7. The van der Waals surface area contributed by atoms with Crippen LogP contribution in [0.3, 0.4) is 0 Å². The second kappa shape index (κ2) is 8.46. The Labute approximate surface area is 140 Å². The predicted molar refractivity (Wildman–Crippen MR) is 93.4 cm³/mol. The molecule has 128 valence electrons.